The summed E-state index contributed by atoms with van der Waals surface area (Å²) >= 11 is 0. The largest absolute Gasteiger partial charge is 0.439 e. The molecule has 3 aromatic rings. The first-order chi connectivity index (χ1) is 13.6. The van der Waals surface area contributed by atoms with Crippen LogP contribution in [0.1, 0.15) is 37.1 Å². The van der Waals surface area contributed by atoms with Gasteiger partial charge >= 0.3 is 0 Å². The maximum absolute atomic E-state index is 12.0. The molecule has 0 aliphatic rings. The number of rotatable bonds is 8. The molecule has 0 radical (unpaired) electrons. The second kappa shape index (κ2) is 9.22. The van der Waals surface area contributed by atoms with E-state index in [9.17, 15) is 4.79 Å². The fourth-order valence-corrected chi connectivity index (χ4v) is 3.10. The van der Waals surface area contributed by atoms with E-state index in [2.05, 4.69) is 12.2 Å². The van der Waals surface area contributed by atoms with Gasteiger partial charge in [-0.2, -0.15) is 5.10 Å². The van der Waals surface area contributed by atoms with Crippen LogP contribution in [0, 0.1) is 6.92 Å². The Hall–Kier alpha value is -3.08. The molecule has 0 unspecified atom stereocenters. The SMILES string of the molecule is CCNC(=O)CCc1c(CC)nn(-c2ccccc2)c1Oc1ccc(C)cc1. The molecule has 1 amide bonds. The minimum Gasteiger partial charge on any atom is -0.439 e. The number of benzene rings is 2. The zero-order chi connectivity index (χ0) is 19.9. The average molecular weight is 377 g/mol. The lowest BCUT2D eigenvalue weighted by Crippen LogP contribution is -2.22. The van der Waals surface area contributed by atoms with E-state index in [0.29, 0.717) is 25.3 Å². The van der Waals surface area contributed by atoms with Gasteiger partial charge in [-0.05, 0) is 51.0 Å². The van der Waals surface area contributed by atoms with Crippen molar-refractivity contribution < 1.29 is 9.53 Å². The van der Waals surface area contributed by atoms with Crippen molar-refractivity contribution in [2.45, 2.75) is 40.0 Å². The molecule has 28 heavy (non-hydrogen) atoms. The first-order valence-corrected chi connectivity index (χ1v) is 9.79. The minimum absolute atomic E-state index is 0.0401. The number of hydrogen-bond acceptors (Lipinski definition) is 3. The van der Waals surface area contributed by atoms with Crippen molar-refractivity contribution in [3.05, 3.63) is 71.4 Å². The number of carbonyl (C=O) groups excluding carboxylic acids is 1. The highest BCUT2D eigenvalue weighted by molar-refractivity contribution is 5.76. The van der Waals surface area contributed by atoms with Crippen molar-refractivity contribution in [3.8, 4) is 17.3 Å². The smallest absolute Gasteiger partial charge is 0.226 e. The van der Waals surface area contributed by atoms with Crippen molar-refractivity contribution in [1.82, 2.24) is 15.1 Å². The third kappa shape index (κ3) is 4.60. The third-order valence-electron chi connectivity index (χ3n) is 4.57. The monoisotopic (exact) mass is 377 g/mol. The summed E-state index contributed by atoms with van der Waals surface area (Å²) in [5, 5.41) is 7.66. The second-order valence-electron chi connectivity index (χ2n) is 6.70. The van der Waals surface area contributed by atoms with Crippen LogP contribution in [-0.4, -0.2) is 22.2 Å². The van der Waals surface area contributed by atoms with Crippen molar-refractivity contribution in [2.75, 3.05) is 6.54 Å². The van der Waals surface area contributed by atoms with Gasteiger partial charge < -0.3 is 10.1 Å². The van der Waals surface area contributed by atoms with Crippen molar-refractivity contribution in [2.24, 2.45) is 0 Å². The lowest BCUT2D eigenvalue weighted by Gasteiger charge is -2.12. The molecule has 0 saturated carbocycles. The molecule has 0 aliphatic heterocycles. The summed E-state index contributed by atoms with van der Waals surface area (Å²) in [6.45, 7) is 6.68. The number of hydrogen-bond donors (Lipinski definition) is 1. The van der Waals surface area contributed by atoms with Crippen molar-refractivity contribution >= 4 is 5.91 Å². The van der Waals surface area contributed by atoms with Crippen LogP contribution in [0.15, 0.2) is 54.6 Å². The molecule has 0 fully saturated rings. The van der Waals surface area contributed by atoms with Gasteiger partial charge in [-0.3, -0.25) is 4.79 Å². The first kappa shape index (κ1) is 19.7. The minimum atomic E-state index is 0.0401. The molecular formula is C23H27N3O2. The van der Waals surface area contributed by atoms with Crippen LogP contribution in [0.5, 0.6) is 11.6 Å². The van der Waals surface area contributed by atoms with Crippen LogP contribution >= 0.6 is 0 Å². The van der Waals surface area contributed by atoms with Gasteiger partial charge in [-0.1, -0.05) is 42.8 Å². The summed E-state index contributed by atoms with van der Waals surface area (Å²) < 4.78 is 8.13. The molecular weight excluding hydrogens is 350 g/mol. The molecule has 1 N–H and O–H groups in total. The molecule has 3 rings (SSSR count). The van der Waals surface area contributed by atoms with Crippen molar-refractivity contribution in [1.29, 1.82) is 0 Å². The molecule has 5 nitrogen and oxygen atoms in total. The molecule has 0 bridgehead atoms. The maximum Gasteiger partial charge on any atom is 0.226 e. The molecule has 1 aromatic heterocycles. The lowest BCUT2D eigenvalue weighted by atomic mass is 10.1. The van der Waals surface area contributed by atoms with E-state index in [0.717, 1.165) is 29.1 Å². The fraction of sp³-hybridized carbons (Fsp3) is 0.304. The van der Waals surface area contributed by atoms with Crippen LogP contribution in [0.3, 0.4) is 0 Å². The molecule has 2 aromatic carbocycles. The van der Waals surface area contributed by atoms with E-state index in [-0.39, 0.29) is 5.91 Å². The highest BCUT2D eigenvalue weighted by Gasteiger charge is 2.21. The zero-order valence-corrected chi connectivity index (χ0v) is 16.7. The topological polar surface area (TPSA) is 56.2 Å². The molecule has 0 saturated heterocycles. The van der Waals surface area contributed by atoms with Gasteiger partial charge in [0.25, 0.3) is 0 Å². The number of carbonyl (C=O) groups is 1. The number of aryl methyl sites for hydroxylation is 2. The quantitative estimate of drug-likeness (QED) is 0.624. The van der Waals surface area contributed by atoms with Gasteiger partial charge in [0.2, 0.25) is 11.8 Å². The predicted molar refractivity (Wildman–Crippen MR) is 111 cm³/mol. The Labute approximate surface area is 166 Å². The Morgan fingerprint density at radius 1 is 1.07 bits per heavy atom. The highest BCUT2D eigenvalue weighted by Crippen LogP contribution is 2.32. The van der Waals surface area contributed by atoms with E-state index in [1.54, 1.807) is 0 Å². The Morgan fingerprint density at radius 2 is 1.79 bits per heavy atom. The molecule has 0 spiro atoms. The second-order valence-corrected chi connectivity index (χ2v) is 6.70. The Kier molecular flexibility index (Phi) is 6.48. The first-order valence-electron chi connectivity index (χ1n) is 9.79. The van der Waals surface area contributed by atoms with E-state index >= 15 is 0 Å². The summed E-state index contributed by atoms with van der Waals surface area (Å²) in [6, 6.07) is 17.9. The lowest BCUT2D eigenvalue weighted by molar-refractivity contribution is -0.120. The standard InChI is InChI=1S/C23H27N3O2/c1-4-21-20(15-16-22(27)24-5-2)23(28-19-13-11-17(3)12-14-19)26(25-21)18-9-7-6-8-10-18/h6-14H,4-5,15-16H2,1-3H3,(H,24,27). The van der Waals surface area contributed by atoms with Crippen LogP contribution < -0.4 is 10.1 Å². The molecule has 0 aliphatic carbocycles. The van der Waals surface area contributed by atoms with E-state index in [1.165, 1.54) is 5.56 Å². The number of nitrogens with one attached hydrogen (secondary N) is 1. The summed E-state index contributed by atoms with van der Waals surface area (Å²) in [5.41, 5.74) is 4.05. The number of ether oxygens (including phenoxy) is 1. The van der Waals surface area contributed by atoms with Gasteiger partial charge in [0.15, 0.2) is 0 Å². The van der Waals surface area contributed by atoms with Crippen LogP contribution in [0.2, 0.25) is 0 Å². The molecule has 0 atom stereocenters. The van der Waals surface area contributed by atoms with Crippen molar-refractivity contribution in [3.63, 3.8) is 0 Å². The van der Waals surface area contributed by atoms with Crippen LogP contribution in [0.25, 0.3) is 5.69 Å². The Bertz CT molecular complexity index is 915. The predicted octanol–water partition coefficient (Wildman–Crippen LogP) is 4.60. The summed E-state index contributed by atoms with van der Waals surface area (Å²) in [6.07, 6.45) is 1.77. The van der Waals surface area contributed by atoms with E-state index in [1.807, 2.05) is 73.1 Å². The number of amides is 1. The third-order valence-corrected chi connectivity index (χ3v) is 4.57. The van der Waals surface area contributed by atoms with E-state index < -0.39 is 0 Å². The fourth-order valence-electron chi connectivity index (χ4n) is 3.10. The summed E-state index contributed by atoms with van der Waals surface area (Å²) in [7, 11) is 0. The van der Waals surface area contributed by atoms with Gasteiger partial charge in [0.1, 0.15) is 5.75 Å². The Balaban J connectivity index is 2.01. The highest BCUT2D eigenvalue weighted by atomic mass is 16.5. The zero-order valence-electron chi connectivity index (χ0n) is 16.7. The van der Waals surface area contributed by atoms with Gasteiger partial charge in [0.05, 0.1) is 11.4 Å². The number of aromatic nitrogens is 2. The molecule has 1 heterocycles. The van der Waals surface area contributed by atoms with Crippen LogP contribution in [-0.2, 0) is 17.6 Å². The summed E-state index contributed by atoms with van der Waals surface area (Å²) in [4.78, 5) is 12.0. The number of para-hydroxylation sites is 1. The summed E-state index contributed by atoms with van der Waals surface area (Å²) in [5.74, 6) is 1.47. The van der Waals surface area contributed by atoms with Gasteiger partial charge in [-0.25, -0.2) is 4.68 Å². The Morgan fingerprint density at radius 3 is 2.43 bits per heavy atom. The maximum atomic E-state index is 12.0. The van der Waals surface area contributed by atoms with Gasteiger partial charge in [-0.15, -0.1) is 0 Å². The van der Waals surface area contributed by atoms with E-state index in [4.69, 9.17) is 9.84 Å². The average Bonchev–Trinajstić information content (AvgIpc) is 3.06. The van der Waals surface area contributed by atoms with Crippen LogP contribution in [0.4, 0.5) is 0 Å². The molecule has 5 heteroatoms. The van der Waals surface area contributed by atoms with Gasteiger partial charge in [0, 0.05) is 18.5 Å². The molecule has 146 valence electrons. The normalized spacial score (nSPS) is 10.7. The number of nitrogens with zero attached hydrogens (tertiary/aromatic N) is 2.